The summed E-state index contributed by atoms with van der Waals surface area (Å²) in [6.07, 6.45) is 0. The van der Waals surface area contributed by atoms with E-state index in [0.29, 0.717) is 17.1 Å². The van der Waals surface area contributed by atoms with Gasteiger partial charge in [0.15, 0.2) is 0 Å². The van der Waals surface area contributed by atoms with Crippen LogP contribution in [0.2, 0.25) is 0 Å². The SMILES string of the molecule is COc1cccc(C2/C(=C(/O)c3ccc(OC)cc3OC)C(=O)C(=O)N2c2cccc(F)c2)c1. The van der Waals surface area contributed by atoms with Gasteiger partial charge in [0.2, 0.25) is 0 Å². The molecule has 1 saturated heterocycles. The van der Waals surface area contributed by atoms with E-state index in [1.807, 2.05) is 0 Å². The molecule has 34 heavy (non-hydrogen) atoms. The maximum atomic E-state index is 14.1. The summed E-state index contributed by atoms with van der Waals surface area (Å²) in [5.41, 5.74) is 0.715. The highest BCUT2D eigenvalue weighted by Gasteiger charge is 2.47. The molecule has 1 aliphatic heterocycles. The van der Waals surface area contributed by atoms with Gasteiger partial charge in [-0.2, -0.15) is 0 Å². The number of hydrogen-bond donors (Lipinski definition) is 1. The van der Waals surface area contributed by atoms with E-state index < -0.39 is 29.3 Å². The molecular weight excluding hydrogens is 441 g/mol. The third-order valence-corrected chi connectivity index (χ3v) is 5.60. The number of hydrogen-bond acceptors (Lipinski definition) is 6. The van der Waals surface area contributed by atoms with Gasteiger partial charge in [-0.15, -0.1) is 0 Å². The van der Waals surface area contributed by atoms with Crippen LogP contribution in [0.4, 0.5) is 10.1 Å². The molecule has 0 aromatic heterocycles. The van der Waals surface area contributed by atoms with Crippen LogP contribution in [-0.4, -0.2) is 38.1 Å². The summed E-state index contributed by atoms with van der Waals surface area (Å²) < 4.78 is 29.9. The summed E-state index contributed by atoms with van der Waals surface area (Å²) in [5.74, 6) is -1.58. The highest BCUT2D eigenvalue weighted by atomic mass is 19.1. The van der Waals surface area contributed by atoms with Crippen LogP contribution in [0, 0.1) is 5.82 Å². The van der Waals surface area contributed by atoms with Crippen LogP contribution in [0.3, 0.4) is 0 Å². The van der Waals surface area contributed by atoms with E-state index in [1.165, 1.54) is 50.5 Å². The molecule has 1 atom stereocenters. The Bertz CT molecular complexity index is 1300. The second-order valence-corrected chi connectivity index (χ2v) is 7.49. The molecule has 3 aromatic rings. The minimum Gasteiger partial charge on any atom is -0.507 e. The lowest BCUT2D eigenvalue weighted by atomic mass is 9.94. The molecule has 8 heteroatoms. The Balaban J connectivity index is 1.98. The predicted molar refractivity (Wildman–Crippen MR) is 124 cm³/mol. The van der Waals surface area contributed by atoms with Crippen LogP contribution in [-0.2, 0) is 9.59 Å². The number of aliphatic hydroxyl groups is 1. The number of benzene rings is 3. The summed E-state index contributed by atoms with van der Waals surface area (Å²) in [7, 11) is 4.39. The van der Waals surface area contributed by atoms with Gasteiger partial charge in [0.25, 0.3) is 11.7 Å². The van der Waals surface area contributed by atoms with E-state index in [0.717, 1.165) is 6.07 Å². The molecular formula is C26H22FNO6. The Morgan fingerprint density at radius 3 is 2.26 bits per heavy atom. The van der Waals surface area contributed by atoms with Gasteiger partial charge in [-0.3, -0.25) is 14.5 Å². The second-order valence-electron chi connectivity index (χ2n) is 7.49. The molecule has 1 amide bonds. The Labute approximate surface area is 195 Å². The number of aliphatic hydroxyl groups excluding tert-OH is 1. The normalized spacial score (nSPS) is 17.1. The zero-order valence-corrected chi connectivity index (χ0v) is 18.7. The second kappa shape index (κ2) is 9.27. The molecule has 0 bridgehead atoms. The number of nitrogens with zero attached hydrogens (tertiary/aromatic N) is 1. The first kappa shape index (κ1) is 22.8. The zero-order chi connectivity index (χ0) is 24.4. The minimum atomic E-state index is -1.04. The smallest absolute Gasteiger partial charge is 0.300 e. The summed E-state index contributed by atoms with van der Waals surface area (Å²) in [4.78, 5) is 27.6. The molecule has 4 rings (SSSR count). The van der Waals surface area contributed by atoms with Crippen molar-refractivity contribution in [2.24, 2.45) is 0 Å². The van der Waals surface area contributed by atoms with Crippen LogP contribution in [0.1, 0.15) is 17.2 Å². The van der Waals surface area contributed by atoms with Gasteiger partial charge in [-0.25, -0.2) is 4.39 Å². The highest BCUT2D eigenvalue weighted by molar-refractivity contribution is 6.51. The first-order valence-corrected chi connectivity index (χ1v) is 10.3. The average molecular weight is 463 g/mol. The highest BCUT2D eigenvalue weighted by Crippen LogP contribution is 2.44. The third kappa shape index (κ3) is 3.94. The number of methoxy groups -OCH3 is 3. The molecule has 1 unspecified atom stereocenters. The molecule has 0 aliphatic carbocycles. The van der Waals surface area contributed by atoms with Gasteiger partial charge >= 0.3 is 0 Å². The van der Waals surface area contributed by atoms with Gasteiger partial charge in [0.1, 0.15) is 28.8 Å². The first-order chi connectivity index (χ1) is 16.4. The monoisotopic (exact) mass is 463 g/mol. The van der Waals surface area contributed by atoms with Crippen molar-refractivity contribution in [3.8, 4) is 17.2 Å². The number of amides is 1. The van der Waals surface area contributed by atoms with Gasteiger partial charge in [-0.1, -0.05) is 18.2 Å². The van der Waals surface area contributed by atoms with Crippen molar-refractivity contribution in [3.05, 3.63) is 89.2 Å². The molecule has 1 heterocycles. The number of carbonyl (C=O) groups is 2. The quantitative estimate of drug-likeness (QED) is 0.330. The lowest BCUT2D eigenvalue weighted by Crippen LogP contribution is -2.29. The largest absolute Gasteiger partial charge is 0.507 e. The lowest BCUT2D eigenvalue weighted by Gasteiger charge is -2.26. The first-order valence-electron chi connectivity index (χ1n) is 10.3. The Morgan fingerprint density at radius 1 is 0.882 bits per heavy atom. The standard InChI is InChI=1S/C26H22FNO6/c1-32-18-9-4-6-15(12-18)23-22(24(29)20-11-10-19(33-2)14-21(20)34-3)25(30)26(31)28(23)17-8-5-7-16(27)13-17/h4-14,23,29H,1-3H3/b24-22-. The molecule has 0 radical (unpaired) electrons. The Hall–Kier alpha value is -4.33. The number of rotatable bonds is 6. The number of Topliss-reactive ketones (excluding diaryl/α,β-unsaturated/α-hetero) is 1. The topological polar surface area (TPSA) is 85.3 Å². The molecule has 1 aliphatic rings. The van der Waals surface area contributed by atoms with E-state index in [-0.39, 0.29) is 22.6 Å². The van der Waals surface area contributed by atoms with E-state index in [2.05, 4.69) is 0 Å². The average Bonchev–Trinajstić information content (AvgIpc) is 3.13. The fourth-order valence-corrected chi connectivity index (χ4v) is 3.99. The van der Waals surface area contributed by atoms with Gasteiger partial charge in [0.05, 0.1) is 38.5 Å². The van der Waals surface area contributed by atoms with Crippen molar-refractivity contribution < 1.29 is 33.3 Å². The van der Waals surface area contributed by atoms with E-state index in [4.69, 9.17) is 14.2 Å². The predicted octanol–water partition coefficient (Wildman–Crippen LogP) is 4.48. The third-order valence-electron chi connectivity index (χ3n) is 5.60. The number of anilines is 1. The van der Waals surface area contributed by atoms with Crippen molar-refractivity contribution in [1.29, 1.82) is 0 Å². The Morgan fingerprint density at radius 2 is 1.59 bits per heavy atom. The number of ether oxygens (including phenoxy) is 3. The number of carbonyl (C=O) groups excluding carboxylic acids is 2. The van der Waals surface area contributed by atoms with Crippen LogP contribution in [0.25, 0.3) is 5.76 Å². The molecule has 0 spiro atoms. The van der Waals surface area contributed by atoms with Crippen molar-refractivity contribution in [3.63, 3.8) is 0 Å². The molecule has 1 N–H and O–H groups in total. The van der Waals surface area contributed by atoms with Crippen LogP contribution in [0.5, 0.6) is 17.2 Å². The van der Waals surface area contributed by atoms with Gasteiger partial charge in [0, 0.05) is 11.8 Å². The molecule has 7 nitrogen and oxygen atoms in total. The fraction of sp³-hybridized carbons (Fsp3) is 0.154. The molecule has 1 fully saturated rings. The molecule has 3 aromatic carbocycles. The van der Waals surface area contributed by atoms with Gasteiger partial charge < -0.3 is 19.3 Å². The van der Waals surface area contributed by atoms with E-state index in [1.54, 1.807) is 36.4 Å². The van der Waals surface area contributed by atoms with E-state index in [9.17, 15) is 19.1 Å². The zero-order valence-electron chi connectivity index (χ0n) is 18.7. The van der Waals surface area contributed by atoms with Crippen molar-refractivity contribution in [2.75, 3.05) is 26.2 Å². The van der Waals surface area contributed by atoms with E-state index >= 15 is 0 Å². The maximum absolute atomic E-state index is 14.1. The summed E-state index contributed by atoms with van der Waals surface area (Å²) >= 11 is 0. The van der Waals surface area contributed by atoms with Crippen molar-refractivity contribution in [1.82, 2.24) is 0 Å². The van der Waals surface area contributed by atoms with Crippen LogP contribution >= 0.6 is 0 Å². The minimum absolute atomic E-state index is 0.161. The van der Waals surface area contributed by atoms with Gasteiger partial charge in [-0.05, 0) is 48.0 Å². The number of ketones is 1. The van der Waals surface area contributed by atoms with Crippen molar-refractivity contribution in [2.45, 2.75) is 6.04 Å². The summed E-state index contributed by atoms with van der Waals surface area (Å²) in [6.45, 7) is 0. The maximum Gasteiger partial charge on any atom is 0.300 e. The summed E-state index contributed by atoms with van der Waals surface area (Å²) in [6, 6.07) is 15.8. The molecule has 0 saturated carbocycles. The van der Waals surface area contributed by atoms with Crippen molar-refractivity contribution >= 4 is 23.1 Å². The summed E-state index contributed by atoms with van der Waals surface area (Å²) in [5, 5.41) is 11.3. The van der Waals surface area contributed by atoms with Crippen LogP contribution < -0.4 is 19.1 Å². The number of halogens is 1. The fourth-order valence-electron chi connectivity index (χ4n) is 3.99. The molecule has 174 valence electrons. The Kier molecular flexibility index (Phi) is 6.23. The lowest BCUT2D eigenvalue weighted by molar-refractivity contribution is -0.132. The van der Waals surface area contributed by atoms with Crippen LogP contribution in [0.15, 0.2) is 72.3 Å².